The van der Waals surface area contributed by atoms with Crippen LogP contribution in [0.25, 0.3) is 0 Å². The lowest BCUT2D eigenvalue weighted by molar-refractivity contribution is -0.130. The molecule has 0 aromatic rings. The maximum atomic E-state index is 11.2. The number of nitrogens with two attached hydrogens (primary N) is 1. The minimum atomic E-state index is 0.171. The molecule has 0 aliphatic carbocycles. The molecular formula is C14H29N5O. The number of nitrogens with zero attached hydrogens (tertiary/aromatic N) is 3. The van der Waals surface area contributed by atoms with Gasteiger partial charge in [-0.05, 0) is 12.3 Å². The summed E-state index contributed by atoms with van der Waals surface area (Å²) in [6.45, 7) is 12.0. The average molecular weight is 283 g/mol. The van der Waals surface area contributed by atoms with Gasteiger partial charge in [-0.15, -0.1) is 0 Å². The van der Waals surface area contributed by atoms with Crippen molar-refractivity contribution in [2.75, 3.05) is 45.8 Å². The molecule has 0 radical (unpaired) electrons. The van der Waals surface area contributed by atoms with Gasteiger partial charge in [-0.1, -0.05) is 13.8 Å². The van der Waals surface area contributed by atoms with Crippen molar-refractivity contribution in [3.63, 3.8) is 0 Å². The summed E-state index contributed by atoms with van der Waals surface area (Å²) in [5, 5.41) is 3.14. The third-order valence-corrected chi connectivity index (χ3v) is 3.54. The fourth-order valence-corrected chi connectivity index (χ4v) is 2.13. The molecule has 1 aliphatic rings. The lowest BCUT2D eigenvalue weighted by atomic mass is 10.1. The van der Waals surface area contributed by atoms with Crippen molar-refractivity contribution < 1.29 is 4.79 Å². The first-order valence-corrected chi connectivity index (χ1v) is 7.50. The number of amides is 1. The Morgan fingerprint density at radius 2 is 1.95 bits per heavy atom. The summed E-state index contributed by atoms with van der Waals surface area (Å²) in [5.41, 5.74) is 5.80. The molecule has 0 saturated carbocycles. The average Bonchev–Trinajstić information content (AvgIpc) is 2.39. The largest absolute Gasteiger partial charge is 0.370 e. The second kappa shape index (κ2) is 8.79. The Morgan fingerprint density at radius 1 is 1.30 bits per heavy atom. The van der Waals surface area contributed by atoms with E-state index in [1.165, 1.54) is 0 Å². The van der Waals surface area contributed by atoms with Gasteiger partial charge in [0, 0.05) is 52.7 Å². The van der Waals surface area contributed by atoms with Gasteiger partial charge in [-0.25, -0.2) is 0 Å². The molecule has 6 nitrogen and oxygen atoms in total. The van der Waals surface area contributed by atoms with E-state index in [4.69, 9.17) is 5.73 Å². The number of carbonyl (C=O) groups is 1. The topological polar surface area (TPSA) is 74.0 Å². The monoisotopic (exact) mass is 283 g/mol. The first kappa shape index (κ1) is 16.8. The van der Waals surface area contributed by atoms with Crippen LogP contribution < -0.4 is 11.1 Å². The number of guanidine groups is 1. The van der Waals surface area contributed by atoms with Crippen LogP contribution in [0.15, 0.2) is 4.99 Å². The van der Waals surface area contributed by atoms with Crippen molar-refractivity contribution in [2.45, 2.75) is 27.2 Å². The quantitative estimate of drug-likeness (QED) is 0.536. The highest BCUT2D eigenvalue weighted by molar-refractivity contribution is 5.77. The zero-order chi connectivity index (χ0) is 15.0. The number of hydrogen-bond donors (Lipinski definition) is 2. The summed E-state index contributed by atoms with van der Waals surface area (Å²) in [6.07, 6.45) is 1.06. The highest BCUT2D eigenvalue weighted by Gasteiger charge is 2.17. The van der Waals surface area contributed by atoms with E-state index in [0.29, 0.717) is 11.9 Å². The zero-order valence-corrected chi connectivity index (χ0v) is 13.1. The van der Waals surface area contributed by atoms with Gasteiger partial charge in [0.15, 0.2) is 5.96 Å². The van der Waals surface area contributed by atoms with Crippen LogP contribution in [-0.2, 0) is 4.79 Å². The minimum absolute atomic E-state index is 0.171. The van der Waals surface area contributed by atoms with Gasteiger partial charge in [0.1, 0.15) is 0 Å². The molecule has 1 amide bonds. The lowest BCUT2D eigenvalue weighted by Crippen LogP contribution is -2.50. The predicted octanol–water partition coefficient (Wildman–Crippen LogP) is 0.101. The Morgan fingerprint density at radius 3 is 2.50 bits per heavy atom. The minimum Gasteiger partial charge on any atom is -0.370 e. The number of nitrogens with one attached hydrogen (secondary N) is 1. The van der Waals surface area contributed by atoms with Crippen LogP contribution >= 0.6 is 0 Å². The van der Waals surface area contributed by atoms with Crippen LogP contribution in [0.4, 0.5) is 0 Å². The molecule has 1 aliphatic heterocycles. The Hall–Kier alpha value is -1.30. The SMILES string of the molecule is CC(=O)N1CCN(CCNC(N)=NCCC(C)C)CC1. The molecule has 1 saturated heterocycles. The predicted molar refractivity (Wildman–Crippen MR) is 82.6 cm³/mol. The van der Waals surface area contributed by atoms with Crippen molar-refractivity contribution in [3.8, 4) is 0 Å². The highest BCUT2D eigenvalue weighted by atomic mass is 16.2. The lowest BCUT2D eigenvalue weighted by Gasteiger charge is -2.34. The molecule has 116 valence electrons. The number of hydrogen-bond acceptors (Lipinski definition) is 3. The van der Waals surface area contributed by atoms with E-state index in [1.54, 1.807) is 6.92 Å². The van der Waals surface area contributed by atoms with E-state index in [-0.39, 0.29) is 5.91 Å². The van der Waals surface area contributed by atoms with Gasteiger partial charge in [-0.3, -0.25) is 14.7 Å². The molecular weight excluding hydrogens is 254 g/mol. The van der Waals surface area contributed by atoms with Crippen molar-refractivity contribution >= 4 is 11.9 Å². The maximum absolute atomic E-state index is 11.2. The standard InChI is InChI=1S/C14H29N5O/c1-12(2)4-5-16-14(15)17-6-7-18-8-10-19(11-9-18)13(3)20/h12H,4-11H2,1-3H3,(H3,15,16,17). The van der Waals surface area contributed by atoms with Crippen molar-refractivity contribution in [1.29, 1.82) is 0 Å². The normalized spacial score (nSPS) is 17.6. The van der Waals surface area contributed by atoms with Crippen LogP contribution in [0.5, 0.6) is 0 Å². The highest BCUT2D eigenvalue weighted by Crippen LogP contribution is 2.01. The van der Waals surface area contributed by atoms with E-state index < -0.39 is 0 Å². The Balaban J connectivity index is 2.11. The van der Waals surface area contributed by atoms with Gasteiger partial charge in [-0.2, -0.15) is 0 Å². The van der Waals surface area contributed by atoms with Crippen molar-refractivity contribution in [1.82, 2.24) is 15.1 Å². The van der Waals surface area contributed by atoms with Crippen LogP contribution in [0.2, 0.25) is 0 Å². The van der Waals surface area contributed by atoms with Gasteiger partial charge >= 0.3 is 0 Å². The molecule has 20 heavy (non-hydrogen) atoms. The Labute approximate surface area is 122 Å². The second-order valence-corrected chi connectivity index (χ2v) is 5.72. The third-order valence-electron chi connectivity index (χ3n) is 3.54. The number of aliphatic imine (C=N–C) groups is 1. The van der Waals surface area contributed by atoms with E-state index in [9.17, 15) is 4.79 Å². The number of rotatable bonds is 6. The molecule has 0 aromatic carbocycles. The third kappa shape index (κ3) is 6.75. The van der Waals surface area contributed by atoms with E-state index in [1.807, 2.05) is 4.90 Å². The van der Waals surface area contributed by atoms with E-state index in [0.717, 1.165) is 52.2 Å². The summed E-state index contributed by atoms with van der Waals surface area (Å²) in [5.74, 6) is 1.36. The van der Waals surface area contributed by atoms with Gasteiger partial charge < -0.3 is 16.0 Å². The summed E-state index contributed by atoms with van der Waals surface area (Å²) < 4.78 is 0. The molecule has 0 aromatic heterocycles. The van der Waals surface area contributed by atoms with Crippen LogP contribution in [-0.4, -0.2) is 67.5 Å². The van der Waals surface area contributed by atoms with E-state index >= 15 is 0 Å². The molecule has 6 heteroatoms. The summed E-state index contributed by atoms with van der Waals surface area (Å²) in [6, 6.07) is 0. The van der Waals surface area contributed by atoms with Crippen LogP contribution in [0.1, 0.15) is 27.2 Å². The molecule has 3 N–H and O–H groups in total. The zero-order valence-electron chi connectivity index (χ0n) is 13.1. The van der Waals surface area contributed by atoms with Crippen molar-refractivity contribution in [2.24, 2.45) is 16.6 Å². The molecule has 0 spiro atoms. The fourth-order valence-electron chi connectivity index (χ4n) is 2.13. The fraction of sp³-hybridized carbons (Fsp3) is 0.857. The molecule has 0 bridgehead atoms. The maximum Gasteiger partial charge on any atom is 0.219 e. The molecule has 0 atom stereocenters. The van der Waals surface area contributed by atoms with Gasteiger partial charge in [0.2, 0.25) is 5.91 Å². The summed E-state index contributed by atoms with van der Waals surface area (Å²) in [7, 11) is 0. The number of piperazine rings is 1. The molecule has 0 unspecified atom stereocenters. The second-order valence-electron chi connectivity index (χ2n) is 5.72. The first-order valence-electron chi connectivity index (χ1n) is 7.50. The molecule has 1 rings (SSSR count). The van der Waals surface area contributed by atoms with Crippen LogP contribution in [0, 0.1) is 5.92 Å². The van der Waals surface area contributed by atoms with Crippen molar-refractivity contribution in [3.05, 3.63) is 0 Å². The van der Waals surface area contributed by atoms with Gasteiger partial charge in [0.05, 0.1) is 0 Å². The number of carbonyl (C=O) groups excluding carboxylic acids is 1. The molecule has 1 heterocycles. The molecule has 1 fully saturated rings. The Bertz CT molecular complexity index is 322. The van der Waals surface area contributed by atoms with E-state index in [2.05, 4.69) is 29.1 Å². The first-order chi connectivity index (χ1) is 9.49. The Kier molecular flexibility index (Phi) is 7.36. The van der Waals surface area contributed by atoms with Gasteiger partial charge in [0.25, 0.3) is 0 Å². The summed E-state index contributed by atoms with van der Waals surface area (Å²) in [4.78, 5) is 19.7. The smallest absolute Gasteiger partial charge is 0.219 e. The summed E-state index contributed by atoms with van der Waals surface area (Å²) >= 11 is 0. The van der Waals surface area contributed by atoms with Crippen LogP contribution in [0.3, 0.4) is 0 Å².